The standard InChI is InChI=1S/C17H22FN/c18-15-8-5-13(6-9-15)7-10-17-16-4-2-1-3-14(16)11-12-19-17/h5-6,8-9,17,19H,1-4,7,10-12H2. The molecule has 1 N–H and O–H groups in total. The third kappa shape index (κ3) is 3.06. The van der Waals surface area contributed by atoms with Crippen LogP contribution in [0.4, 0.5) is 4.39 Å². The average Bonchev–Trinajstić information content (AvgIpc) is 2.47. The molecule has 1 atom stereocenters. The molecule has 2 heteroatoms. The third-order valence-corrected chi connectivity index (χ3v) is 4.50. The fourth-order valence-corrected chi connectivity index (χ4v) is 3.46. The molecule has 0 radical (unpaired) electrons. The molecule has 102 valence electrons. The summed E-state index contributed by atoms with van der Waals surface area (Å²) in [5, 5.41) is 3.67. The SMILES string of the molecule is Fc1ccc(CCC2NCCC3=C2CCCC3)cc1. The van der Waals surface area contributed by atoms with Gasteiger partial charge in [0.1, 0.15) is 5.82 Å². The Kier molecular flexibility index (Phi) is 3.97. The van der Waals surface area contributed by atoms with Crippen LogP contribution in [0.25, 0.3) is 0 Å². The maximum absolute atomic E-state index is 12.9. The van der Waals surface area contributed by atoms with Crippen molar-refractivity contribution in [3.8, 4) is 0 Å². The Morgan fingerprint density at radius 1 is 1.05 bits per heavy atom. The highest BCUT2D eigenvalue weighted by molar-refractivity contribution is 5.26. The van der Waals surface area contributed by atoms with Gasteiger partial charge in [-0.05, 0) is 69.2 Å². The average molecular weight is 259 g/mol. The van der Waals surface area contributed by atoms with Crippen molar-refractivity contribution in [2.75, 3.05) is 6.54 Å². The van der Waals surface area contributed by atoms with E-state index in [4.69, 9.17) is 0 Å². The molecule has 0 spiro atoms. The highest BCUT2D eigenvalue weighted by atomic mass is 19.1. The van der Waals surface area contributed by atoms with Crippen molar-refractivity contribution < 1.29 is 4.39 Å². The summed E-state index contributed by atoms with van der Waals surface area (Å²) in [4.78, 5) is 0. The first-order chi connectivity index (χ1) is 9.33. The molecule has 1 nitrogen and oxygen atoms in total. The molecule has 0 amide bonds. The number of rotatable bonds is 3. The van der Waals surface area contributed by atoms with Crippen molar-refractivity contribution >= 4 is 0 Å². The first-order valence-electron chi connectivity index (χ1n) is 7.51. The van der Waals surface area contributed by atoms with E-state index < -0.39 is 0 Å². The summed E-state index contributed by atoms with van der Waals surface area (Å²) in [5.41, 5.74) is 4.67. The lowest BCUT2D eigenvalue weighted by Crippen LogP contribution is -2.37. The maximum atomic E-state index is 12.9. The fourth-order valence-electron chi connectivity index (χ4n) is 3.46. The predicted octanol–water partition coefficient (Wildman–Crippen LogP) is 3.99. The molecule has 3 rings (SSSR count). The van der Waals surface area contributed by atoms with Crippen LogP contribution in [0, 0.1) is 5.82 Å². The molecule has 0 saturated heterocycles. The van der Waals surface area contributed by atoms with Crippen LogP contribution < -0.4 is 5.32 Å². The Morgan fingerprint density at radius 3 is 2.68 bits per heavy atom. The minimum Gasteiger partial charge on any atom is -0.310 e. The van der Waals surface area contributed by atoms with E-state index in [1.54, 1.807) is 23.3 Å². The van der Waals surface area contributed by atoms with Gasteiger partial charge in [-0.15, -0.1) is 0 Å². The zero-order valence-corrected chi connectivity index (χ0v) is 11.4. The van der Waals surface area contributed by atoms with Crippen LogP contribution in [-0.4, -0.2) is 12.6 Å². The van der Waals surface area contributed by atoms with E-state index in [2.05, 4.69) is 5.32 Å². The van der Waals surface area contributed by atoms with Crippen LogP contribution in [0.1, 0.15) is 44.1 Å². The van der Waals surface area contributed by atoms with Gasteiger partial charge in [-0.1, -0.05) is 23.3 Å². The normalized spacial score (nSPS) is 23.3. The van der Waals surface area contributed by atoms with E-state index in [0.717, 1.165) is 19.4 Å². The minimum atomic E-state index is -0.142. The van der Waals surface area contributed by atoms with Crippen LogP contribution in [-0.2, 0) is 6.42 Å². The van der Waals surface area contributed by atoms with E-state index in [0.29, 0.717) is 6.04 Å². The van der Waals surface area contributed by atoms with Gasteiger partial charge in [0.25, 0.3) is 0 Å². The Labute approximate surface area is 114 Å². The summed E-state index contributed by atoms with van der Waals surface area (Å²) in [6.07, 6.45) is 8.78. The maximum Gasteiger partial charge on any atom is 0.123 e. The van der Waals surface area contributed by atoms with Gasteiger partial charge in [0, 0.05) is 6.04 Å². The van der Waals surface area contributed by atoms with E-state index in [-0.39, 0.29) is 5.82 Å². The first-order valence-corrected chi connectivity index (χ1v) is 7.51. The quantitative estimate of drug-likeness (QED) is 0.809. The van der Waals surface area contributed by atoms with Crippen LogP contribution in [0.3, 0.4) is 0 Å². The molecule has 0 saturated carbocycles. The topological polar surface area (TPSA) is 12.0 Å². The van der Waals surface area contributed by atoms with Crippen molar-refractivity contribution in [2.45, 2.75) is 51.0 Å². The van der Waals surface area contributed by atoms with E-state index in [1.165, 1.54) is 37.7 Å². The zero-order valence-electron chi connectivity index (χ0n) is 11.4. The largest absolute Gasteiger partial charge is 0.310 e. The summed E-state index contributed by atoms with van der Waals surface area (Å²) >= 11 is 0. The Morgan fingerprint density at radius 2 is 1.84 bits per heavy atom. The molecule has 0 aromatic heterocycles. The molecule has 1 aliphatic carbocycles. The molecule has 1 aromatic carbocycles. The van der Waals surface area contributed by atoms with Gasteiger partial charge in [0.15, 0.2) is 0 Å². The van der Waals surface area contributed by atoms with E-state index in [9.17, 15) is 4.39 Å². The second kappa shape index (κ2) is 5.87. The monoisotopic (exact) mass is 259 g/mol. The molecular weight excluding hydrogens is 237 g/mol. The van der Waals surface area contributed by atoms with Gasteiger partial charge in [-0.25, -0.2) is 4.39 Å². The molecule has 0 fully saturated rings. The first kappa shape index (κ1) is 12.9. The number of halogens is 1. The molecule has 1 heterocycles. The summed E-state index contributed by atoms with van der Waals surface area (Å²) in [6, 6.07) is 7.51. The molecule has 1 aromatic rings. The Bertz CT molecular complexity index is 457. The van der Waals surface area contributed by atoms with Gasteiger partial charge < -0.3 is 5.32 Å². The number of hydrogen-bond donors (Lipinski definition) is 1. The lowest BCUT2D eigenvalue weighted by Gasteiger charge is -2.33. The van der Waals surface area contributed by atoms with Crippen LogP contribution >= 0.6 is 0 Å². The second-order valence-corrected chi connectivity index (χ2v) is 5.76. The molecule has 1 aliphatic heterocycles. The second-order valence-electron chi connectivity index (χ2n) is 5.76. The van der Waals surface area contributed by atoms with Crippen LogP contribution in [0.2, 0.25) is 0 Å². The lowest BCUT2D eigenvalue weighted by molar-refractivity contribution is 0.457. The Balaban J connectivity index is 1.64. The summed E-state index contributed by atoms with van der Waals surface area (Å²) in [6.45, 7) is 1.13. The van der Waals surface area contributed by atoms with Gasteiger partial charge in [0.05, 0.1) is 0 Å². The minimum absolute atomic E-state index is 0.142. The van der Waals surface area contributed by atoms with Crippen molar-refractivity contribution in [3.63, 3.8) is 0 Å². The number of hydrogen-bond acceptors (Lipinski definition) is 1. The molecular formula is C17H22FN. The molecule has 2 aliphatic rings. The fraction of sp³-hybridized carbons (Fsp3) is 0.529. The van der Waals surface area contributed by atoms with Crippen LogP contribution in [0.5, 0.6) is 0 Å². The molecule has 19 heavy (non-hydrogen) atoms. The summed E-state index contributed by atoms with van der Waals surface area (Å²) < 4.78 is 12.9. The van der Waals surface area contributed by atoms with E-state index >= 15 is 0 Å². The van der Waals surface area contributed by atoms with Crippen molar-refractivity contribution in [2.24, 2.45) is 0 Å². The predicted molar refractivity (Wildman–Crippen MR) is 76.6 cm³/mol. The summed E-state index contributed by atoms with van der Waals surface area (Å²) in [7, 11) is 0. The van der Waals surface area contributed by atoms with Crippen molar-refractivity contribution in [1.29, 1.82) is 0 Å². The Hall–Kier alpha value is -1.15. The summed E-state index contributed by atoms with van der Waals surface area (Å²) in [5.74, 6) is -0.142. The van der Waals surface area contributed by atoms with E-state index in [1.807, 2.05) is 12.1 Å². The number of nitrogens with one attached hydrogen (secondary N) is 1. The molecule has 1 unspecified atom stereocenters. The number of aryl methyl sites for hydroxylation is 1. The van der Waals surface area contributed by atoms with Gasteiger partial charge in [-0.3, -0.25) is 0 Å². The van der Waals surface area contributed by atoms with Gasteiger partial charge in [0.2, 0.25) is 0 Å². The van der Waals surface area contributed by atoms with Gasteiger partial charge >= 0.3 is 0 Å². The zero-order chi connectivity index (χ0) is 13.1. The van der Waals surface area contributed by atoms with Gasteiger partial charge in [-0.2, -0.15) is 0 Å². The van der Waals surface area contributed by atoms with Crippen molar-refractivity contribution in [3.05, 3.63) is 46.8 Å². The van der Waals surface area contributed by atoms with Crippen molar-refractivity contribution in [1.82, 2.24) is 5.32 Å². The van der Waals surface area contributed by atoms with Crippen LogP contribution in [0.15, 0.2) is 35.4 Å². The third-order valence-electron chi connectivity index (χ3n) is 4.50. The lowest BCUT2D eigenvalue weighted by atomic mass is 9.82. The highest BCUT2D eigenvalue weighted by Crippen LogP contribution is 2.32. The molecule has 0 bridgehead atoms. The highest BCUT2D eigenvalue weighted by Gasteiger charge is 2.23. The number of benzene rings is 1. The smallest absolute Gasteiger partial charge is 0.123 e.